The van der Waals surface area contributed by atoms with Gasteiger partial charge >= 0.3 is 6.09 Å². The molecule has 5 heteroatoms. The quantitative estimate of drug-likeness (QED) is 0.830. The molecule has 1 amide bonds. The molecular weight excluding hydrogens is 252 g/mol. The van der Waals surface area contributed by atoms with Crippen LogP contribution in [0, 0.1) is 0 Å². The van der Waals surface area contributed by atoms with Gasteiger partial charge in [-0.2, -0.15) is 0 Å². The highest BCUT2D eigenvalue weighted by Crippen LogP contribution is 2.19. The minimum Gasteiger partial charge on any atom is -0.444 e. The Kier molecular flexibility index (Phi) is 4.84. The summed E-state index contributed by atoms with van der Waals surface area (Å²) >= 11 is 6.03. The number of anilines is 1. The Labute approximate surface area is 112 Å². The Bertz CT molecular complexity index is 427. The van der Waals surface area contributed by atoms with Gasteiger partial charge in [0.2, 0.25) is 0 Å². The molecule has 1 aromatic carbocycles. The second kappa shape index (κ2) is 5.96. The van der Waals surface area contributed by atoms with Crippen LogP contribution in [0.1, 0.15) is 26.3 Å². The number of hydrogen-bond acceptors (Lipinski definition) is 3. The highest BCUT2D eigenvalue weighted by atomic mass is 35.5. The van der Waals surface area contributed by atoms with Crippen LogP contribution in [-0.2, 0) is 11.2 Å². The van der Waals surface area contributed by atoms with Crippen molar-refractivity contribution in [3.8, 4) is 0 Å². The van der Waals surface area contributed by atoms with E-state index in [0.717, 1.165) is 5.56 Å². The summed E-state index contributed by atoms with van der Waals surface area (Å²) in [6.45, 7) is 5.94. The molecule has 0 bridgehead atoms. The average molecular weight is 271 g/mol. The van der Waals surface area contributed by atoms with Gasteiger partial charge in [-0.15, -0.1) is 0 Å². The molecule has 0 aromatic heterocycles. The molecule has 1 rings (SSSR count). The molecule has 3 N–H and O–H groups in total. The molecule has 0 unspecified atom stereocenters. The second-order valence-electron chi connectivity index (χ2n) is 5.03. The van der Waals surface area contributed by atoms with Crippen LogP contribution in [0.2, 0.25) is 5.02 Å². The number of nitrogens with one attached hydrogen (secondary N) is 1. The van der Waals surface area contributed by atoms with Gasteiger partial charge in [0.05, 0.1) is 0 Å². The van der Waals surface area contributed by atoms with Crippen molar-refractivity contribution in [1.82, 2.24) is 5.32 Å². The van der Waals surface area contributed by atoms with E-state index in [9.17, 15) is 4.79 Å². The van der Waals surface area contributed by atoms with Crippen molar-refractivity contribution in [2.45, 2.75) is 32.8 Å². The normalized spacial score (nSPS) is 11.1. The zero-order valence-electron chi connectivity index (χ0n) is 10.9. The van der Waals surface area contributed by atoms with Gasteiger partial charge in [-0.1, -0.05) is 17.7 Å². The first kappa shape index (κ1) is 14.6. The molecule has 0 radical (unpaired) electrons. The SMILES string of the molecule is CC(C)(C)OC(=O)NCCc1ccc(N)cc1Cl. The van der Waals surface area contributed by atoms with Gasteiger partial charge in [0.25, 0.3) is 0 Å². The Morgan fingerprint density at radius 1 is 1.44 bits per heavy atom. The lowest BCUT2D eigenvalue weighted by Gasteiger charge is -2.19. The Morgan fingerprint density at radius 3 is 2.67 bits per heavy atom. The topological polar surface area (TPSA) is 64.3 Å². The lowest BCUT2D eigenvalue weighted by Crippen LogP contribution is -2.33. The van der Waals surface area contributed by atoms with Crippen molar-refractivity contribution in [3.05, 3.63) is 28.8 Å². The van der Waals surface area contributed by atoms with Crippen LogP contribution < -0.4 is 11.1 Å². The number of hydrogen-bond donors (Lipinski definition) is 2. The summed E-state index contributed by atoms with van der Waals surface area (Å²) < 4.78 is 5.12. The van der Waals surface area contributed by atoms with E-state index in [1.807, 2.05) is 26.8 Å². The number of halogens is 1. The molecule has 0 atom stereocenters. The number of rotatable bonds is 3. The first-order valence-electron chi connectivity index (χ1n) is 5.79. The summed E-state index contributed by atoms with van der Waals surface area (Å²) in [7, 11) is 0. The molecule has 18 heavy (non-hydrogen) atoms. The highest BCUT2D eigenvalue weighted by Gasteiger charge is 2.15. The van der Waals surface area contributed by atoms with Gasteiger partial charge < -0.3 is 15.8 Å². The lowest BCUT2D eigenvalue weighted by molar-refractivity contribution is 0.0528. The maximum atomic E-state index is 11.4. The zero-order valence-corrected chi connectivity index (χ0v) is 11.7. The van der Waals surface area contributed by atoms with E-state index in [1.54, 1.807) is 12.1 Å². The third-order valence-corrected chi connectivity index (χ3v) is 2.49. The Morgan fingerprint density at radius 2 is 2.11 bits per heavy atom. The Hall–Kier alpha value is -1.42. The van der Waals surface area contributed by atoms with Crippen molar-refractivity contribution >= 4 is 23.4 Å². The molecule has 0 aliphatic carbocycles. The number of amides is 1. The summed E-state index contributed by atoms with van der Waals surface area (Å²) in [6.07, 6.45) is 0.215. The summed E-state index contributed by atoms with van der Waals surface area (Å²) in [5.41, 5.74) is 6.69. The molecular formula is C13H19ClN2O2. The van der Waals surface area contributed by atoms with Gasteiger partial charge in [0.15, 0.2) is 0 Å². The number of ether oxygens (including phenoxy) is 1. The number of benzene rings is 1. The smallest absolute Gasteiger partial charge is 0.407 e. The van der Waals surface area contributed by atoms with Crippen LogP contribution in [0.3, 0.4) is 0 Å². The van der Waals surface area contributed by atoms with Crippen molar-refractivity contribution in [3.63, 3.8) is 0 Å². The first-order chi connectivity index (χ1) is 8.28. The number of nitrogen functional groups attached to an aromatic ring is 1. The molecule has 100 valence electrons. The van der Waals surface area contributed by atoms with E-state index < -0.39 is 11.7 Å². The number of nitrogens with two attached hydrogens (primary N) is 1. The fourth-order valence-electron chi connectivity index (χ4n) is 1.38. The van der Waals surface area contributed by atoms with Crippen LogP contribution in [-0.4, -0.2) is 18.2 Å². The van der Waals surface area contributed by atoms with Gasteiger partial charge in [-0.25, -0.2) is 4.79 Å². The third kappa shape index (κ3) is 5.27. The van der Waals surface area contributed by atoms with Crippen LogP contribution in [0.5, 0.6) is 0 Å². The minimum absolute atomic E-state index is 0.422. The van der Waals surface area contributed by atoms with Crippen LogP contribution in [0.15, 0.2) is 18.2 Å². The number of alkyl carbamates (subject to hydrolysis) is 1. The number of carbonyl (C=O) groups is 1. The zero-order chi connectivity index (χ0) is 13.8. The van der Waals surface area contributed by atoms with E-state index in [1.165, 1.54) is 0 Å². The molecule has 0 saturated carbocycles. The van der Waals surface area contributed by atoms with Crippen LogP contribution >= 0.6 is 11.6 Å². The molecule has 0 spiro atoms. The van der Waals surface area contributed by atoms with E-state index >= 15 is 0 Å². The molecule has 4 nitrogen and oxygen atoms in total. The van der Waals surface area contributed by atoms with Gasteiger partial charge in [0.1, 0.15) is 5.60 Å². The van der Waals surface area contributed by atoms with Crippen LogP contribution in [0.4, 0.5) is 10.5 Å². The van der Waals surface area contributed by atoms with Crippen LogP contribution in [0.25, 0.3) is 0 Å². The third-order valence-electron chi connectivity index (χ3n) is 2.14. The monoisotopic (exact) mass is 270 g/mol. The summed E-state index contributed by atoms with van der Waals surface area (Å²) in [4.78, 5) is 11.4. The first-order valence-corrected chi connectivity index (χ1v) is 6.16. The predicted molar refractivity (Wildman–Crippen MR) is 73.8 cm³/mol. The fourth-order valence-corrected chi connectivity index (χ4v) is 1.66. The largest absolute Gasteiger partial charge is 0.444 e. The summed E-state index contributed by atoms with van der Waals surface area (Å²) in [6, 6.07) is 5.34. The van der Waals surface area contributed by atoms with Crippen molar-refractivity contribution in [2.24, 2.45) is 0 Å². The molecule has 0 fully saturated rings. The number of carbonyl (C=O) groups excluding carboxylic acids is 1. The summed E-state index contributed by atoms with van der Waals surface area (Å²) in [5, 5.41) is 3.29. The minimum atomic E-state index is -0.483. The van der Waals surface area contributed by atoms with Gasteiger partial charge in [-0.3, -0.25) is 0 Å². The highest BCUT2D eigenvalue weighted by molar-refractivity contribution is 6.31. The van der Waals surface area contributed by atoms with Gasteiger partial charge in [0, 0.05) is 17.3 Å². The van der Waals surface area contributed by atoms with E-state index in [0.29, 0.717) is 23.7 Å². The maximum Gasteiger partial charge on any atom is 0.407 e. The fraction of sp³-hybridized carbons (Fsp3) is 0.462. The van der Waals surface area contributed by atoms with Crippen molar-refractivity contribution in [2.75, 3.05) is 12.3 Å². The molecule has 0 heterocycles. The standard InChI is InChI=1S/C13H19ClN2O2/c1-13(2,3)18-12(17)16-7-6-9-4-5-10(15)8-11(9)14/h4-5,8H,6-7,15H2,1-3H3,(H,16,17). The van der Waals surface area contributed by atoms with E-state index in [2.05, 4.69) is 5.32 Å². The van der Waals surface area contributed by atoms with Crippen molar-refractivity contribution < 1.29 is 9.53 Å². The van der Waals surface area contributed by atoms with E-state index in [-0.39, 0.29) is 0 Å². The van der Waals surface area contributed by atoms with E-state index in [4.69, 9.17) is 22.1 Å². The molecule has 1 aromatic rings. The molecule has 0 aliphatic heterocycles. The Balaban J connectivity index is 2.40. The van der Waals surface area contributed by atoms with Crippen molar-refractivity contribution in [1.29, 1.82) is 0 Å². The average Bonchev–Trinajstić information content (AvgIpc) is 2.18. The maximum absolute atomic E-state index is 11.4. The second-order valence-corrected chi connectivity index (χ2v) is 5.44. The molecule has 0 saturated heterocycles. The summed E-state index contributed by atoms with van der Waals surface area (Å²) in [5.74, 6) is 0. The lowest BCUT2D eigenvalue weighted by atomic mass is 10.1. The predicted octanol–water partition coefficient (Wildman–Crippen LogP) is 2.99. The van der Waals surface area contributed by atoms with Gasteiger partial charge in [-0.05, 0) is 44.9 Å². The molecule has 0 aliphatic rings.